The number of nitrogens with zero attached hydrogens (tertiary/aromatic N) is 3. The summed E-state index contributed by atoms with van der Waals surface area (Å²) in [6.45, 7) is 5.92. The first-order valence-electron chi connectivity index (χ1n) is 7.55. The van der Waals surface area contributed by atoms with Crippen molar-refractivity contribution in [2.75, 3.05) is 26.8 Å². The second-order valence-electron chi connectivity index (χ2n) is 5.31. The molecule has 23 heavy (non-hydrogen) atoms. The number of carbonyl (C=O) groups excluding carboxylic acids is 1. The molecule has 7 nitrogen and oxygen atoms in total. The van der Waals surface area contributed by atoms with E-state index in [0.29, 0.717) is 19.7 Å². The van der Waals surface area contributed by atoms with Crippen molar-refractivity contribution in [3.63, 3.8) is 0 Å². The maximum absolute atomic E-state index is 11.7. The Bertz CT molecular complexity index is 636. The van der Waals surface area contributed by atoms with Crippen LogP contribution in [0.3, 0.4) is 0 Å². The molecule has 0 bridgehead atoms. The van der Waals surface area contributed by atoms with Gasteiger partial charge in [0.2, 0.25) is 5.91 Å². The predicted octanol–water partition coefficient (Wildman–Crippen LogP) is 0.736. The average molecular weight is 317 g/mol. The van der Waals surface area contributed by atoms with Gasteiger partial charge in [-0.1, -0.05) is 6.07 Å². The van der Waals surface area contributed by atoms with E-state index >= 15 is 0 Å². The Morgan fingerprint density at radius 2 is 2.17 bits per heavy atom. The van der Waals surface area contributed by atoms with Gasteiger partial charge in [-0.15, -0.1) is 0 Å². The summed E-state index contributed by atoms with van der Waals surface area (Å²) in [4.78, 5) is 16.1. The van der Waals surface area contributed by atoms with Crippen molar-refractivity contribution in [3.05, 3.63) is 41.3 Å². The maximum atomic E-state index is 11.7. The minimum Gasteiger partial charge on any atom is -0.383 e. The summed E-state index contributed by atoms with van der Waals surface area (Å²) in [6, 6.07) is 5.85. The van der Waals surface area contributed by atoms with Gasteiger partial charge in [0.05, 0.1) is 18.8 Å². The van der Waals surface area contributed by atoms with E-state index in [2.05, 4.69) is 20.7 Å². The molecule has 0 saturated heterocycles. The molecule has 2 rings (SSSR count). The highest BCUT2D eigenvalue weighted by Crippen LogP contribution is 2.10. The van der Waals surface area contributed by atoms with E-state index in [0.717, 1.165) is 22.8 Å². The fraction of sp³-hybridized carbons (Fsp3) is 0.438. The number of pyridine rings is 1. The van der Waals surface area contributed by atoms with Gasteiger partial charge in [-0.3, -0.25) is 4.79 Å². The van der Waals surface area contributed by atoms with E-state index in [-0.39, 0.29) is 12.5 Å². The lowest BCUT2D eigenvalue weighted by atomic mass is 10.3. The standard InChI is InChI=1S/C16H23N5O2/c1-12-8-13(2)21(20-12)15-5-4-14(9-18-15)10-19-16(22)11-17-6-7-23-3/h4-5,8-9,17H,6-7,10-11H2,1-3H3,(H,19,22). The minimum absolute atomic E-state index is 0.0521. The molecule has 2 heterocycles. The summed E-state index contributed by atoms with van der Waals surface area (Å²) in [5.41, 5.74) is 2.94. The number of hydrogen-bond acceptors (Lipinski definition) is 5. The summed E-state index contributed by atoms with van der Waals surface area (Å²) >= 11 is 0. The fourth-order valence-corrected chi connectivity index (χ4v) is 2.15. The van der Waals surface area contributed by atoms with Crippen molar-refractivity contribution in [3.8, 4) is 5.82 Å². The third-order valence-corrected chi connectivity index (χ3v) is 3.29. The van der Waals surface area contributed by atoms with Gasteiger partial charge in [-0.2, -0.15) is 5.10 Å². The number of amides is 1. The molecule has 0 aliphatic carbocycles. The Morgan fingerprint density at radius 1 is 1.35 bits per heavy atom. The van der Waals surface area contributed by atoms with E-state index in [9.17, 15) is 4.79 Å². The van der Waals surface area contributed by atoms with Crippen LogP contribution in [0.1, 0.15) is 17.0 Å². The van der Waals surface area contributed by atoms with Crippen molar-refractivity contribution < 1.29 is 9.53 Å². The highest BCUT2D eigenvalue weighted by molar-refractivity contribution is 5.77. The summed E-state index contributed by atoms with van der Waals surface area (Å²) in [5, 5.41) is 10.2. The Morgan fingerprint density at radius 3 is 2.78 bits per heavy atom. The minimum atomic E-state index is -0.0521. The van der Waals surface area contributed by atoms with Crippen LogP contribution in [-0.2, 0) is 16.1 Å². The Balaban J connectivity index is 1.83. The molecule has 0 radical (unpaired) electrons. The van der Waals surface area contributed by atoms with Gasteiger partial charge in [0, 0.05) is 32.1 Å². The number of aryl methyl sites for hydroxylation is 2. The van der Waals surface area contributed by atoms with Gasteiger partial charge >= 0.3 is 0 Å². The first-order valence-corrected chi connectivity index (χ1v) is 7.55. The second-order valence-corrected chi connectivity index (χ2v) is 5.31. The molecule has 0 fully saturated rings. The van der Waals surface area contributed by atoms with Crippen LogP contribution in [0.25, 0.3) is 5.82 Å². The molecule has 0 atom stereocenters. The molecule has 7 heteroatoms. The summed E-state index contributed by atoms with van der Waals surface area (Å²) in [7, 11) is 1.63. The van der Waals surface area contributed by atoms with Gasteiger partial charge in [0.25, 0.3) is 0 Å². The van der Waals surface area contributed by atoms with E-state index in [1.165, 1.54) is 0 Å². The molecule has 2 aromatic heterocycles. The highest BCUT2D eigenvalue weighted by Gasteiger charge is 2.05. The number of carbonyl (C=O) groups is 1. The van der Waals surface area contributed by atoms with Gasteiger partial charge in [0.1, 0.15) is 0 Å². The van der Waals surface area contributed by atoms with Crippen LogP contribution in [0.5, 0.6) is 0 Å². The molecule has 0 aromatic carbocycles. The van der Waals surface area contributed by atoms with E-state index in [1.807, 2.05) is 32.0 Å². The lowest BCUT2D eigenvalue weighted by Gasteiger charge is -2.08. The van der Waals surface area contributed by atoms with Crippen molar-refractivity contribution in [2.24, 2.45) is 0 Å². The molecule has 1 amide bonds. The molecule has 2 aromatic rings. The van der Waals surface area contributed by atoms with Crippen molar-refractivity contribution >= 4 is 5.91 Å². The van der Waals surface area contributed by atoms with Crippen LogP contribution in [0.15, 0.2) is 24.4 Å². The van der Waals surface area contributed by atoms with Crippen LogP contribution < -0.4 is 10.6 Å². The normalized spacial score (nSPS) is 10.7. The quantitative estimate of drug-likeness (QED) is 0.702. The fourth-order valence-electron chi connectivity index (χ4n) is 2.15. The van der Waals surface area contributed by atoms with Gasteiger partial charge in [0.15, 0.2) is 5.82 Å². The predicted molar refractivity (Wildman–Crippen MR) is 87.4 cm³/mol. The lowest BCUT2D eigenvalue weighted by Crippen LogP contribution is -2.34. The van der Waals surface area contributed by atoms with Crippen LogP contribution in [0.2, 0.25) is 0 Å². The third-order valence-electron chi connectivity index (χ3n) is 3.29. The number of methoxy groups -OCH3 is 1. The van der Waals surface area contributed by atoms with Crippen LogP contribution in [0.4, 0.5) is 0 Å². The van der Waals surface area contributed by atoms with Crippen molar-refractivity contribution in [1.82, 2.24) is 25.4 Å². The van der Waals surface area contributed by atoms with Crippen LogP contribution in [-0.4, -0.2) is 47.5 Å². The smallest absolute Gasteiger partial charge is 0.234 e. The van der Waals surface area contributed by atoms with E-state index < -0.39 is 0 Å². The number of nitrogens with one attached hydrogen (secondary N) is 2. The SMILES string of the molecule is COCCNCC(=O)NCc1ccc(-n2nc(C)cc2C)nc1. The van der Waals surface area contributed by atoms with Crippen LogP contribution >= 0.6 is 0 Å². The number of hydrogen-bond donors (Lipinski definition) is 2. The zero-order valence-corrected chi connectivity index (χ0v) is 13.8. The number of aromatic nitrogens is 3. The Hall–Kier alpha value is -2.25. The molecule has 0 aliphatic rings. The molecule has 2 N–H and O–H groups in total. The molecule has 0 unspecified atom stereocenters. The first-order chi connectivity index (χ1) is 11.1. The van der Waals surface area contributed by atoms with Crippen molar-refractivity contribution in [1.29, 1.82) is 0 Å². The topological polar surface area (TPSA) is 81.1 Å². The summed E-state index contributed by atoms with van der Waals surface area (Å²) < 4.78 is 6.70. The zero-order chi connectivity index (χ0) is 16.7. The molecular formula is C16H23N5O2. The van der Waals surface area contributed by atoms with Gasteiger partial charge < -0.3 is 15.4 Å². The Labute approximate surface area is 136 Å². The summed E-state index contributed by atoms with van der Waals surface area (Å²) in [5.74, 6) is 0.718. The number of rotatable bonds is 8. The first kappa shape index (κ1) is 17.1. The molecule has 0 aliphatic heterocycles. The largest absolute Gasteiger partial charge is 0.383 e. The molecule has 124 valence electrons. The average Bonchev–Trinajstić information content (AvgIpc) is 2.88. The van der Waals surface area contributed by atoms with Gasteiger partial charge in [-0.05, 0) is 31.5 Å². The molecular weight excluding hydrogens is 294 g/mol. The van der Waals surface area contributed by atoms with Crippen LogP contribution in [0, 0.1) is 13.8 Å². The monoisotopic (exact) mass is 317 g/mol. The maximum Gasteiger partial charge on any atom is 0.234 e. The number of ether oxygens (including phenoxy) is 1. The van der Waals surface area contributed by atoms with E-state index in [1.54, 1.807) is 18.0 Å². The third kappa shape index (κ3) is 5.15. The zero-order valence-electron chi connectivity index (χ0n) is 13.8. The lowest BCUT2D eigenvalue weighted by molar-refractivity contribution is -0.120. The van der Waals surface area contributed by atoms with Gasteiger partial charge in [-0.25, -0.2) is 9.67 Å². The second kappa shape index (κ2) is 8.40. The van der Waals surface area contributed by atoms with E-state index in [4.69, 9.17) is 4.74 Å². The highest BCUT2D eigenvalue weighted by atomic mass is 16.5. The molecule has 0 saturated carbocycles. The molecule has 0 spiro atoms. The summed E-state index contributed by atoms with van der Waals surface area (Å²) in [6.07, 6.45) is 1.75. The Kier molecular flexibility index (Phi) is 6.25. The van der Waals surface area contributed by atoms with Crippen molar-refractivity contribution in [2.45, 2.75) is 20.4 Å².